The number of hydrogen-bond acceptors (Lipinski definition) is 3. The molecule has 4 nitrogen and oxygen atoms in total. The van der Waals surface area contributed by atoms with Crippen molar-refractivity contribution in [1.82, 2.24) is 0 Å². The molecule has 1 heterocycles. The Bertz CT molecular complexity index is 758. The molecule has 3 rings (SSSR count). The van der Waals surface area contributed by atoms with E-state index in [0.717, 1.165) is 11.1 Å². The number of carboxylic acid groups (broad SMARTS) is 1. The van der Waals surface area contributed by atoms with Gasteiger partial charge >= 0.3 is 5.97 Å². The van der Waals surface area contributed by atoms with Gasteiger partial charge in [-0.1, -0.05) is 50.6 Å². The van der Waals surface area contributed by atoms with E-state index in [-0.39, 0.29) is 41.0 Å². The van der Waals surface area contributed by atoms with Gasteiger partial charge in [-0.25, -0.2) is 4.79 Å². The molecule has 6 atom stereocenters. The smallest absolute Gasteiger partial charge is 0.328 e. The number of ether oxygens (including phenoxy) is 1. The maximum atomic E-state index is 11.2. The van der Waals surface area contributed by atoms with Crippen LogP contribution in [0.15, 0.2) is 47.1 Å². The third kappa shape index (κ3) is 2.25. The minimum absolute atomic E-state index is 0.0178. The maximum Gasteiger partial charge on any atom is 0.328 e. The summed E-state index contributed by atoms with van der Waals surface area (Å²) in [6.45, 7) is 12.7. The van der Waals surface area contributed by atoms with Gasteiger partial charge < -0.3 is 14.9 Å². The minimum atomic E-state index is -0.927. The summed E-state index contributed by atoms with van der Waals surface area (Å²) in [5.41, 5.74) is 2.45. The van der Waals surface area contributed by atoms with Gasteiger partial charge in [0.15, 0.2) is 0 Å². The number of aliphatic hydroxyl groups excluding tert-OH is 1. The van der Waals surface area contributed by atoms with Crippen LogP contribution in [0.4, 0.5) is 0 Å². The number of hydrogen-bond donors (Lipinski definition) is 2. The Kier molecular flexibility index (Phi) is 4.36. The zero-order valence-corrected chi connectivity index (χ0v) is 16.5. The molecule has 0 bridgehead atoms. The van der Waals surface area contributed by atoms with E-state index in [1.54, 1.807) is 0 Å². The van der Waals surface area contributed by atoms with E-state index in [1.807, 2.05) is 19.1 Å². The molecule has 0 aromatic heterocycles. The highest BCUT2D eigenvalue weighted by molar-refractivity contribution is 5.80. The number of aliphatic carboxylic acids is 1. The summed E-state index contributed by atoms with van der Waals surface area (Å²) in [5, 5.41) is 19.0. The molecule has 2 N–H and O–H groups in total. The molecule has 0 radical (unpaired) electrons. The fourth-order valence-electron chi connectivity index (χ4n) is 6.27. The average molecular weight is 358 g/mol. The van der Waals surface area contributed by atoms with Crippen LogP contribution >= 0.6 is 0 Å². The molecule has 2 aliphatic carbocycles. The van der Waals surface area contributed by atoms with E-state index in [1.165, 1.54) is 11.6 Å². The third-order valence-corrected chi connectivity index (χ3v) is 7.15. The number of rotatable bonds is 4. The molecule has 0 saturated carbocycles. The van der Waals surface area contributed by atoms with Crippen molar-refractivity contribution in [3.63, 3.8) is 0 Å². The van der Waals surface area contributed by atoms with E-state index >= 15 is 0 Å². The second kappa shape index (κ2) is 5.93. The first-order valence-corrected chi connectivity index (χ1v) is 9.27. The predicted molar refractivity (Wildman–Crippen MR) is 102 cm³/mol. The van der Waals surface area contributed by atoms with Crippen LogP contribution in [-0.2, 0) is 9.53 Å². The number of aliphatic hydroxyl groups is 1. The number of carboxylic acids is 1. The fraction of sp³-hybridized carbons (Fsp3) is 0.591. The summed E-state index contributed by atoms with van der Waals surface area (Å²) < 4.78 is 6.55. The second-order valence-corrected chi connectivity index (χ2v) is 8.73. The Labute approximate surface area is 155 Å². The van der Waals surface area contributed by atoms with Crippen molar-refractivity contribution in [2.45, 2.75) is 53.8 Å². The molecule has 4 heteroatoms. The lowest BCUT2D eigenvalue weighted by Gasteiger charge is -2.52. The number of carbonyl (C=O) groups is 1. The topological polar surface area (TPSA) is 66.8 Å². The molecule has 0 amide bonds. The van der Waals surface area contributed by atoms with Crippen molar-refractivity contribution in [2.75, 3.05) is 6.61 Å². The van der Waals surface area contributed by atoms with Gasteiger partial charge in [-0.2, -0.15) is 0 Å². The normalized spacial score (nSPS) is 44.9. The lowest BCUT2D eigenvalue weighted by atomic mass is 9.50. The molecule has 3 aliphatic rings. The Morgan fingerprint density at radius 2 is 1.88 bits per heavy atom. The summed E-state index contributed by atoms with van der Waals surface area (Å²) in [7, 11) is 0. The van der Waals surface area contributed by atoms with Crippen molar-refractivity contribution in [3.8, 4) is 0 Å². The summed E-state index contributed by atoms with van der Waals surface area (Å²) in [4.78, 5) is 11.2. The fourth-order valence-corrected chi connectivity index (χ4v) is 6.27. The van der Waals surface area contributed by atoms with E-state index in [0.29, 0.717) is 0 Å². The van der Waals surface area contributed by atoms with Crippen molar-refractivity contribution in [1.29, 1.82) is 0 Å². The standard InChI is InChI=1S/C22H30O4/c1-7-15(12-23)19-21(5)11-13(2)17-20(4,9-8-16(24)25)10-14(3)18(26-19)22(17,21)6/h7-11,17-19,23H,12H2,1-6H3,(H,24,25). The third-order valence-electron chi connectivity index (χ3n) is 7.15. The predicted octanol–water partition coefficient (Wildman–Crippen LogP) is 3.89. The zero-order chi connectivity index (χ0) is 19.5. The first-order valence-electron chi connectivity index (χ1n) is 9.27. The lowest BCUT2D eigenvalue weighted by molar-refractivity contribution is -0.131. The maximum absolute atomic E-state index is 11.2. The van der Waals surface area contributed by atoms with Crippen molar-refractivity contribution in [2.24, 2.45) is 22.2 Å². The SMILES string of the molecule is CC=C(CO)C1OC2C(C)=CC(C)(C=CC(=O)O)C3C(C)=CC1(C)C23C. The number of allylic oxidation sites excluding steroid dienone is 4. The van der Waals surface area contributed by atoms with Gasteiger partial charge in [0, 0.05) is 28.2 Å². The van der Waals surface area contributed by atoms with Crippen LogP contribution in [0.5, 0.6) is 0 Å². The molecular weight excluding hydrogens is 328 g/mol. The highest BCUT2D eigenvalue weighted by Gasteiger charge is 2.71. The summed E-state index contributed by atoms with van der Waals surface area (Å²) in [5.74, 6) is -0.782. The monoisotopic (exact) mass is 358 g/mol. The zero-order valence-electron chi connectivity index (χ0n) is 16.5. The summed E-state index contributed by atoms with van der Waals surface area (Å²) >= 11 is 0. The van der Waals surface area contributed by atoms with Gasteiger partial charge in [0.2, 0.25) is 0 Å². The quantitative estimate of drug-likeness (QED) is 0.591. The van der Waals surface area contributed by atoms with Gasteiger partial charge in [0.1, 0.15) is 0 Å². The molecule has 0 aromatic rings. The Morgan fingerprint density at radius 1 is 1.23 bits per heavy atom. The van der Waals surface area contributed by atoms with Crippen LogP contribution in [0.25, 0.3) is 0 Å². The highest BCUT2D eigenvalue weighted by atomic mass is 16.5. The van der Waals surface area contributed by atoms with Gasteiger partial charge in [-0.15, -0.1) is 0 Å². The van der Waals surface area contributed by atoms with E-state index in [4.69, 9.17) is 9.84 Å². The van der Waals surface area contributed by atoms with E-state index in [9.17, 15) is 9.90 Å². The van der Waals surface area contributed by atoms with Gasteiger partial charge in [-0.3, -0.25) is 0 Å². The second-order valence-electron chi connectivity index (χ2n) is 8.73. The van der Waals surface area contributed by atoms with Gasteiger partial charge in [0.05, 0.1) is 18.8 Å². The molecule has 26 heavy (non-hydrogen) atoms. The first kappa shape index (κ1) is 19.1. The van der Waals surface area contributed by atoms with Crippen LogP contribution in [-0.4, -0.2) is 35.0 Å². The summed E-state index contributed by atoms with van der Waals surface area (Å²) in [6.07, 6.45) is 9.28. The van der Waals surface area contributed by atoms with Crippen molar-refractivity contribution in [3.05, 3.63) is 47.1 Å². The van der Waals surface area contributed by atoms with Crippen LogP contribution in [0.2, 0.25) is 0 Å². The molecule has 0 spiro atoms. The first-order chi connectivity index (χ1) is 12.0. The van der Waals surface area contributed by atoms with Crippen molar-refractivity contribution >= 4 is 5.97 Å². The van der Waals surface area contributed by atoms with Crippen LogP contribution in [0, 0.1) is 22.2 Å². The van der Waals surface area contributed by atoms with Crippen LogP contribution in [0.1, 0.15) is 41.5 Å². The highest BCUT2D eigenvalue weighted by Crippen LogP contribution is 2.71. The summed E-state index contributed by atoms with van der Waals surface area (Å²) in [6, 6.07) is 0. The van der Waals surface area contributed by atoms with Crippen molar-refractivity contribution < 1.29 is 19.7 Å². The van der Waals surface area contributed by atoms with Crippen LogP contribution < -0.4 is 0 Å². The average Bonchev–Trinajstić information content (AvgIpc) is 2.89. The van der Waals surface area contributed by atoms with E-state index in [2.05, 4.69) is 46.8 Å². The molecule has 1 fully saturated rings. The van der Waals surface area contributed by atoms with E-state index < -0.39 is 5.97 Å². The molecular formula is C22H30O4. The Morgan fingerprint density at radius 3 is 2.42 bits per heavy atom. The molecule has 142 valence electrons. The largest absolute Gasteiger partial charge is 0.478 e. The molecule has 1 aliphatic heterocycles. The molecule has 0 aromatic carbocycles. The Hall–Kier alpha value is -1.65. The Balaban J connectivity index is 2.20. The lowest BCUT2D eigenvalue weighted by Crippen LogP contribution is -2.51. The van der Waals surface area contributed by atoms with Crippen LogP contribution in [0.3, 0.4) is 0 Å². The molecule has 1 saturated heterocycles. The van der Waals surface area contributed by atoms with Gasteiger partial charge in [-0.05, 0) is 31.9 Å². The molecule has 6 unspecified atom stereocenters. The van der Waals surface area contributed by atoms with Gasteiger partial charge in [0.25, 0.3) is 0 Å². The minimum Gasteiger partial charge on any atom is -0.478 e.